The first kappa shape index (κ1) is 19.4. The lowest BCUT2D eigenvalue weighted by Crippen LogP contribution is -2.27. The molecule has 1 fully saturated rings. The van der Waals surface area contributed by atoms with E-state index >= 15 is 0 Å². The Bertz CT molecular complexity index is 597. The second kappa shape index (κ2) is 7.97. The Hall–Kier alpha value is -1.92. The summed E-state index contributed by atoms with van der Waals surface area (Å²) in [5.74, 6) is -3.29. The van der Waals surface area contributed by atoms with E-state index in [4.69, 9.17) is 9.47 Å². The van der Waals surface area contributed by atoms with Crippen molar-refractivity contribution < 1.29 is 24.2 Å². The second-order valence-electron chi connectivity index (χ2n) is 7.00. The van der Waals surface area contributed by atoms with Crippen molar-refractivity contribution in [2.45, 2.75) is 51.9 Å². The maximum atomic E-state index is 11.6. The molecule has 2 rings (SSSR count). The molecule has 1 aromatic carbocycles. The van der Waals surface area contributed by atoms with E-state index in [9.17, 15) is 14.7 Å². The molecule has 0 bridgehead atoms. The van der Waals surface area contributed by atoms with Crippen LogP contribution in [0.2, 0.25) is 0 Å². The third-order valence-electron chi connectivity index (χ3n) is 4.50. The van der Waals surface area contributed by atoms with E-state index in [1.165, 1.54) is 6.92 Å². The van der Waals surface area contributed by atoms with Crippen molar-refractivity contribution in [3.63, 3.8) is 0 Å². The van der Waals surface area contributed by atoms with Crippen LogP contribution in [0.3, 0.4) is 0 Å². The number of carbonyl (C=O) groups is 2. The molecule has 0 aromatic heterocycles. The summed E-state index contributed by atoms with van der Waals surface area (Å²) in [6.07, 6.45) is 0.932. The van der Waals surface area contributed by atoms with Gasteiger partial charge >= 0.3 is 5.97 Å². The van der Waals surface area contributed by atoms with Crippen molar-refractivity contribution in [2.24, 2.45) is 5.92 Å². The largest absolute Gasteiger partial charge is 0.481 e. The number of carbonyl (C=O) groups excluding carboxylic acids is 1. The van der Waals surface area contributed by atoms with Crippen molar-refractivity contribution in [3.05, 3.63) is 29.8 Å². The molecule has 0 spiro atoms. The lowest BCUT2D eigenvalue weighted by molar-refractivity contribution is -0.146. The molecule has 6 nitrogen and oxygen atoms in total. The molecule has 25 heavy (non-hydrogen) atoms. The van der Waals surface area contributed by atoms with Crippen LogP contribution >= 0.6 is 0 Å². The van der Waals surface area contributed by atoms with Gasteiger partial charge in [0.1, 0.15) is 11.7 Å². The number of Topliss-reactive ketones (excluding diaryl/α,β-unsaturated/α-hetero) is 1. The van der Waals surface area contributed by atoms with Crippen LogP contribution < -0.4 is 5.32 Å². The van der Waals surface area contributed by atoms with Gasteiger partial charge in [-0.15, -0.1) is 0 Å². The zero-order valence-electron chi connectivity index (χ0n) is 15.2. The number of aliphatic carboxylic acids is 1. The molecule has 0 aliphatic carbocycles. The molecule has 0 saturated carbocycles. The van der Waals surface area contributed by atoms with Crippen LogP contribution in [0.1, 0.15) is 45.6 Å². The van der Waals surface area contributed by atoms with E-state index < -0.39 is 17.7 Å². The van der Waals surface area contributed by atoms with Gasteiger partial charge in [0.2, 0.25) is 0 Å². The quantitative estimate of drug-likeness (QED) is 0.702. The molecule has 3 atom stereocenters. The summed E-state index contributed by atoms with van der Waals surface area (Å²) in [6.45, 7) is 8.26. The fourth-order valence-electron chi connectivity index (χ4n) is 3.12. The van der Waals surface area contributed by atoms with E-state index in [1.54, 1.807) is 6.92 Å². The molecule has 0 amide bonds. The molecule has 0 radical (unpaired) electrons. The molecule has 1 aromatic rings. The average Bonchev–Trinajstić information content (AvgIpc) is 2.86. The van der Waals surface area contributed by atoms with Crippen LogP contribution in [0.15, 0.2) is 24.3 Å². The molecule has 1 aliphatic heterocycles. The zero-order chi connectivity index (χ0) is 18.6. The minimum Gasteiger partial charge on any atom is -0.481 e. The van der Waals surface area contributed by atoms with Crippen molar-refractivity contribution in [1.82, 2.24) is 0 Å². The molecular formula is C19H27NO5. The third kappa shape index (κ3) is 5.28. The van der Waals surface area contributed by atoms with E-state index in [1.807, 2.05) is 38.1 Å². The average molecular weight is 349 g/mol. The number of anilines is 1. The minimum atomic E-state index is -1.08. The van der Waals surface area contributed by atoms with Crippen LogP contribution in [-0.2, 0) is 19.1 Å². The van der Waals surface area contributed by atoms with E-state index in [0.717, 1.165) is 24.2 Å². The number of benzene rings is 1. The predicted octanol–water partition coefficient (Wildman–Crippen LogP) is 3.03. The standard InChI is InChI=1S/C19H27NO5/c1-12(17(13(2)21)18(22)23)14-5-7-15(8-6-14)20-10-9-16-11-24-19(3,4)25-16/h5-8,12,16-17,20H,9-11H2,1-4H3,(H,22,23). The van der Waals surface area contributed by atoms with Gasteiger partial charge in [0, 0.05) is 18.2 Å². The normalized spacial score (nSPS) is 21.5. The van der Waals surface area contributed by atoms with Crippen molar-refractivity contribution >= 4 is 17.4 Å². The number of ketones is 1. The first-order chi connectivity index (χ1) is 11.7. The Labute approximate surface area is 148 Å². The summed E-state index contributed by atoms with van der Waals surface area (Å²) in [5.41, 5.74) is 1.78. The number of carboxylic acid groups (broad SMARTS) is 1. The molecule has 2 N–H and O–H groups in total. The molecule has 1 heterocycles. The van der Waals surface area contributed by atoms with Crippen molar-refractivity contribution in [1.29, 1.82) is 0 Å². The maximum absolute atomic E-state index is 11.6. The van der Waals surface area contributed by atoms with Crippen LogP contribution in [0.4, 0.5) is 5.69 Å². The molecular weight excluding hydrogens is 322 g/mol. The van der Waals surface area contributed by atoms with E-state index in [0.29, 0.717) is 6.61 Å². The molecule has 1 saturated heterocycles. The Morgan fingerprint density at radius 1 is 1.32 bits per heavy atom. The highest BCUT2D eigenvalue weighted by molar-refractivity contribution is 5.97. The number of hydrogen-bond donors (Lipinski definition) is 2. The molecule has 138 valence electrons. The van der Waals surface area contributed by atoms with E-state index in [-0.39, 0.29) is 17.8 Å². The number of nitrogens with one attached hydrogen (secondary N) is 1. The Morgan fingerprint density at radius 3 is 2.44 bits per heavy atom. The number of rotatable bonds is 8. The van der Waals surface area contributed by atoms with Gasteiger partial charge in [0.15, 0.2) is 5.79 Å². The van der Waals surface area contributed by atoms with E-state index in [2.05, 4.69) is 5.32 Å². The van der Waals surface area contributed by atoms with Gasteiger partial charge in [-0.05, 0) is 44.9 Å². The second-order valence-corrected chi connectivity index (χ2v) is 7.00. The minimum absolute atomic E-state index is 0.0914. The van der Waals surface area contributed by atoms with Crippen LogP contribution in [-0.4, -0.2) is 41.9 Å². The summed E-state index contributed by atoms with van der Waals surface area (Å²) in [4.78, 5) is 22.8. The summed E-state index contributed by atoms with van der Waals surface area (Å²) >= 11 is 0. The maximum Gasteiger partial charge on any atom is 0.314 e. The molecule has 3 unspecified atom stereocenters. The van der Waals surface area contributed by atoms with Gasteiger partial charge in [0.25, 0.3) is 0 Å². The summed E-state index contributed by atoms with van der Waals surface area (Å²) in [6, 6.07) is 7.54. The van der Waals surface area contributed by atoms with Gasteiger partial charge in [0.05, 0.1) is 12.7 Å². The predicted molar refractivity (Wildman–Crippen MR) is 94.7 cm³/mol. The smallest absolute Gasteiger partial charge is 0.314 e. The Kier molecular flexibility index (Phi) is 6.19. The fraction of sp³-hybridized carbons (Fsp3) is 0.579. The number of carboxylic acids is 1. The lowest BCUT2D eigenvalue weighted by Gasteiger charge is -2.19. The third-order valence-corrected chi connectivity index (χ3v) is 4.50. The van der Waals surface area contributed by atoms with Crippen LogP contribution in [0, 0.1) is 5.92 Å². The van der Waals surface area contributed by atoms with Crippen molar-refractivity contribution in [2.75, 3.05) is 18.5 Å². The molecule has 6 heteroatoms. The van der Waals surface area contributed by atoms with Gasteiger partial charge in [-0.25, -0.2) is 0 Å². The first-order valence-electron chi connectivity index (χ1n) is 8.58. The summed E-state index contributed by atoms with van der Waals surface area (Å²) in [5, 5.41) is 12.6. The number of hydrogen-bond acceptors (Lipinski definition) is 5. The van der Waals surface area contributed by atoms with Crippen LogP contribution in [0.5, 0.6) is 0 Å². The van der Waals surface area contributed by atoms with Crippen molar-refractivity contribution in [3.8, 4) is 0 Å². The lowest BCUT2D eigenvalue weighted by atomic mass is 9.85. The monoisotopic (exact) mass is 349 g/mol. The van der Waals surface area contributed by atoms with Gasteiger partial charge in [-0.1, -0.05) is 19.1 Å². The van der Waals surface area contributed by atoms with Gasteiger partial charge in [-0.3, -0.25) is 9.59 Å². The highest BCUT2D eigenvalue weighted by Gasteiger charge is 2.32. The Balaban J connectivity index is 1.87. The number of ether oxygens (including phenoxy) is 2. The van der Waals surface area contributed by atoms with Gasteiger partial charge in [-0.2, -0.15) is 0 Å². The summed E-state index contributed by atoms with van der Waals surface area (Å²) < 4.78 is 11.3. The summed E-state index contributed by atoms with van der Waals surface area (Å²) in [7, 11) is 0. The van der Waals surface area contributed by atoms with Crippen LogP contribution in [0.25, 0.3) is 0 Å². The zero-order valence-corrected chi connectivity index (χ0v) is 15.2. The first-order valence-corrected chi connectivity index (χ1v) is 8.58. The topological polar surface area (TPSA) is 84.9 Å². The highest BCUT2D eigenvalue weighted by atomic mass is 16.7. The Morgan fingerprint density at radius 2 is 1.96 bits per heavy atom. The SMILES string of the molecule is CC(=O)C(C(=O)O)C(C)c1ccc(NCCC2COC(C)(C)O2)cc1. The molecule has 1 aliphatic rings. The van der Waals surface area contributed by atoms with Gasteiger partial charge < -0.3 is 19.9 Å². The highest BCUT2D eigenvalue weighted by Crippen LogP contribution is 2.27. The fourth-order valence-corrected chi connectivity index (χ4v) is 3.12.